The number of hydrogen-bond acceptors (Lipinski definition) is 6. The van der Waals surface area contributed by atoms with E-state index in [0.29, 0.717) is 11.8 Å². The molecule has 0 bridgehead atoms. The van der Waals surface area contributed by atoms with E-state index in [1.54, 1.807) is 18.5 Å². The molecular formula is C7H9N7. The van der Waals surface area contributed by atoms with E-state index in [4.69, 9.17) is 11.5 Å². The summed E-state index contributed by atoms with van der Waals surface area (Å²) in [6, 6.07) is 1.71. The van der Waals surface area contributed by atoms with Crippen molar-refractivity contribution in [3.05, 3.63) is 24.3 Å². The van der Waals surface area contributed by atoms with E-state index in [2.05, 4.69) is 20.1 Å². The molecule has 0 amide bonds. The Kier molecular flexibility index (Phi) is 2.07. The zero-order chi connectivity index (χ0) is 9.97. The van der Waals surface area contributed by atoms with Crippen molar-refractivity contribution in [1.82, 2.24) is 24.7 Å². The number of nitrogen functional groups attached to an aromatic ring is 1. The van der Waals surface area contributed by atoms with Gasteiger partial charge in [0.15, 0.2) is 5.82 Å². The number of nitrogens with two attached hydrogens (primary N) is 2. The third-order valence-corrected chi connectivity index (χ3v) is 1.61. The first-order valence-electron chi connectivity index (χ1n) is 4.00. The lowest BCUT2D eigenvalue weighted by Gasteiger charge is -1.99. The number of rotatable bonds is 2. The van der Waals surface area contributed by atoms with Crippen molar-refractivity contribution in [2.45, 2.75) is 6.54 Å². The van der Waals surface area contributed by atoms with Crippen LogP contribution >= 0.6 is 0 Å². The molecule has 0 aliphatic heterocycles. The highest BCUT2D eigenvalue weighted by Gasteiger charge is 2.09. The molecule has 7 heteroatoms. The molecule has 2 rings (SSSR count). The minimum atomic E-state index is 0.165. The molecule has 0 unspecified atom stereocenters. The zero-order valence-electron chi connectivity index (χ0n) is 7.33. The minimum Gasteiger partial charge on any atom is -0.366 e. The van der Waals surface area contributed by atoms with Crippen molar-refractivity contribution < 1.29 is 0 Å². The van der Waals surface area contributed by atoms with Gasteiger partial charge in [-0.2, -0.15) is 9.67 Å². The zero-order valence-corrected chi connectivity index (χ0v) is 7.33. The number of nitrogens with zero attached hydrogens (tertiary/aromatic N) is 5. The first kappa shape index (κ1) is 8.57. The lowest BCUT2D eigenvalue weighted by Crippen LogP contribution is -2.10. The van der Waals surface area contributed by atoms with Gasteiger partial charge in [-0.05, 0) is 6.07 Å². The summed E-state index contributed by atoms with van der Waals surface area (Å²) in [7, 11) is 0. The minimum absolute atomic E-state index is 0.165. The van der Waals surface area contributed by atoms with E-state index in [-0.39, 0.29) is 12.5 Å². The average molecular weight is 191 g/mol. The molecule has 0 spiro atoms. The molecule has 0 aliphatic rings. The van der Waals surface area contributed by atoms with Gasteiger partial charge in [-0.25, -0.2) is 9.97 Å². The Labute approximate surface area is 79.8 Å². The first-order valence-corrected chi connectivity index (χ1v) is 4.00. The number of aromatic nitrogens is 5. The molecule has 14 heavy (non-hydrogen) atoms. The fourth-order valence-electron chi connectivity index (χ4n) is 1.05. The summed E-state index contributed by atoms with van der Waals surface area (Å²) < 4.78 is 1.43. The molecule has 2 heterocycles. The van der Waals surface area contributed by atoms with E-state index in [1.165, 1.54) is 4.68 Å². The molecular weight excluding hydrogens is 182 g/mol. The fraction of sp³-hybridized carbons (Fsp3) is 0.143. The van der Waals surface area contributed by atoms with Crippen LogP contribution in [-0.4, -0.2) is 24.7 Å². The maximum Gasteiger partial charge on any atom is 0.252 e. The van der Waals surface area contributed by atoms with Crippen LogP contribution in [0.25, 0.3) is 5.95 Å². The molecule has 2 aromatic heterocycles. The van der Waals surface area contributed by atoms with Crippen molar-refractivity contribution in [3.63, 3.8) is 0 Å². The van der Waals surface area contributed by atoms with Gasteiger partial charge in [0.05, 0.1) is 6.54 Å². The number of hydrogen-bond donors (Lipinski definition) is 2. The first-order chi connectivity index (χ1) is 6.81. The molecule has 72 valence electrons. The van der Waals surface area contributed by atoms with Crippen LogP contribution in [-0.2, 0) is 6.54 Å². The van der Waals surface area contributed by atoms with Crippen LogP contribution in [0.3, 0.4) is 0 Å². The molecule has 0 aromatic carbocycles. The Balaban J connectivity index is 2.51. The van der Waals surface area contributed by atoms with Crippen LogP contribution in [0.15, 0.2) is 18.5 Å². The van der Waals surface area contributed by atoms with Gasteiger partial charge in [-0.15, -0.1) is 5.10 Å². The van der Waals surface area contributed by atoms with Gasteiger partial charge in [0.25, 0.3) is 5.95 Å². The van der Waals surface area contributed by atoms with Crippen molar-refractivity contribution in [2.75, 3.05) is 5.73 Å². The average Bonchev–Trinajstić information content (AvgIpc) is 2.61. The fourth-order valence-corrected chi connectivity index (χ4v) is 1.05. The highest BCUT2D eigenvalue weighted by atomic mass is 15.4. The molecule has 0 radical (unpaired) electrons. The summed E-state index contributed by atoms with van der Waals surface area (Å²) in [6.45, 7) is 0.239. The molecule has 0 saturated heterocycles. The molecule has 7 nitrogen and oxygen atoms in total. The summed E-state index contributed by atoms with van der Waals surface area (Å²) in [5.41, 5.74) is 10.9. The van der Waals surface area contributed by atoms with Crippen molar-refractivity contribution in [1.29, 1.82) is 0 Å². The summed E-state index contributed by atoms with van der Waals surface area (Å²) in [5, 5.41) is 3.93. The maximum absolute atomic E-state index is 5.47. The predicted molar refractivity (Wildman–Crippen MR) is 49.3 cm³/mol. The highest BCUT2D eigenvalue weighted by molar-refractivity contribution is 5.20. The van der Waals surface area contributed by atoms with E-state index >= 15 is 0 Å². The summed E-state index contributed by atoms with van der Waals surface area (Å²) in [4.78, 5) is 11.9. The third kappa shape index (κ3) is 1.40. The second kappa shape index (κ2) is 3.38. The van der Waals surface area contributed by atoms with E-state index in [0.717, 1.165) is 0 Å². The molecule has 4 N–H and O–H groups in total. The van der Waals surface area contributed by atoms with Gasteiger partial charge in [0.2, 0.25) is 5.95 Å². The van der Waals surface area contributed by atoms with Gasteiger partial charge >= 0.3 is 0 Å². The maximum atomic E-state index is 5.47. The second-order valence-corrected chi connectivity index (χ2v) is 2.55. The summed E-state index contributed by atoms with van der Waals surface area (Å²) in [5.74, 6) is 1.11. The number of anilines is 1. The van der Waals surface area contributed by atoms with Crippen molar-refractivity contribution in [3.8, 4) is 5.95 Å². The smallest absolute Gasteiger partial charge is 0.252 e. The highest BCUT2D eigenvalue weighted by Crippen LogP contribution is 2.04. The summed E-state index contributed by atoms with van der Waals surface area (Å²) >= 11 is 0. The van der Waals surface area contributed by atoms with Gasteiger partial charge < -0.3 is 11.5 Å². The monoisotopic (exact) mass is 191 g/mol. The largest absolute Gasteiger partial charge is 0.366 e. The van der Waals surface area contributed by atoms with Crippen LogP contribution in [0.2, 0.25) is 0 Å². The molecule has 0 aliphatic carbocycles. The Hall–Kier alpha value is -2.02. The van der Waals surface area contributed by atoms with Crippen LogP contribution in [0.4, 0.5) is 5.95 Å². The molecule has 0 atom stereocenters. The van der Waals surface area contributed by atoms with Crippen molar-refractivity contribution in [2.24, 2.45) is 5.73 Å². The standard InChI is InChI=1S/C7H9N7/c8-4-5-12-6(9)13-14(5)7-10-2-1-3-11-7/h1-3H,4,8H2,(H2,9,13). The SMILES string of the molecule is NCc1nc(N)nn1-c1ncccn1. The van der Waals surface area contributed by atoms with Crippen LogP contribution < -0.4 is 11.5 Å². The molecule has 0 fully saturated rings. The van der Waals surface area contributed by atoms with E-state index < -0.39 is 0 Å². The van der Waals surface area contributed by atoms with Crippen LogP contribution in [0, 0.1) is 0 Å². The van der Waals surface area contributed by atoms with E-state index in [1.807, 2.05) is 0 Å². The Morgan fingerprint density at radius 1 is 1.29 bits per heavy atom. The van der Waals surface area contributed by atoms with E-state index in [9.17, 15) is 0 Å². The summed E-state index contributed by atoms with van der Waals surface area (Å²) in [6.07, 6.45) is 3.22. The quantitative estimate of drug-likeness (QED) is 0.636. The van der Waals surface area contributed by atoms with Crippen LogP contribution in [0.5, 0.6) is 0 Å². The lowest BCUT2D eigenvalue weighted by molar-refractivity contribution is 0.744. The van der Waals surface area contributed by atoms with Crippen molar-refractivity contribution >= 4 is 5.95 Å². The van der Waals surface area contributed by atoms with Crippen LogP contribution in [0.1, 0.15) is 5.82 Å². The molecule has 0 saturated carbocycles. The Morgan fingerprint density at radius 3 is 2.64 bits per heavy atom. The molecule has 2 aromatic rings. The van der Waals surface area contributed by atoms with Gasteiger partial charge in [-0.1, -0.05) is 0 Å². The topological polar surface area (TPSA) is 109 Å². The van der Waals surface area contributed by atoms with Gasteiger partial charge in [-0.3, -0.25) is 0 Å². The van der Waals surface area contributed by atoms with Gasteiger partial charge in [0, 0.05) is 12.4 Å². The predicted octanol–water partition coefficient (Wildman–Crippen LogP) is -0.902. The second-order valence-electron chi connectivity index (χ2n) is 2.55. The normalized spacial score (nSPS) is 10.4. The van der Waals surface area contributed by atoms with Gasteiger partial charge in [0.1, 0.15) is 0 Å². The Morgan fingerprint density at radius 2 is 2.00 bits per heavy atom. The Bertz CT molecular complexity index is 421. The lowest BCUT2D eigenvalue weighted by atomic mass is 10.6. The third-order valence-electron chi connectivity index (χ3n) is 1.61.